The first-order valence-corrected chi connectivity index (χ1v) is 7.20. The number of aromatic nitrogens is 1. The molecule has 0 atom stereocenters. The Hall–Kier alpha value is -0.930. The summed E-state index contributed by atoms with van der Waals surface area (Å²) in [7, 11) is 0. The maximum Gasteiger partial charge on any atom is 0.0270 e. The lowest BCUT2D eigenvalue weighted by molar-refractivity contribution is 0.285. The molecule has 1 aromatic heterocycles. The molecule has 2 rings (SSSR count). The van der Waals surface area contributed by atoms with Gasteiger partial charge in [0.2, 0.25) is 0 Å². The molecule has 0 spiro atoms. The lowest BCUT2D eigenvalue weighted by Gasteiger charge is -2.18. The summed E-state index contributed by atoms with van der Waals surface area (Å²) >= 11 is 0. The van der Waals surface area contributed by atoms with Gasteiger partial charge in [0.05, 0.1) is 0 Å². The van der Waals surface area contributed by atoms with Crippen molar-refractivity contribution in [2.24, 2.45) is 0 Å². The number of pyridine rings is 1. The fourth-order valence-electron chi connectivity index (χ4n) is 2.46. The molecule has 1 aromatic rings. The van der Waals surface area contributed by atoms with E-state index in [0.717, 1.165) is 13.1 Å². The maximum atomic E-state index is 4.46. The van der Waals surface area contributed by atoms with Gasteiger partial charge in [-0.05, 0) is 56.5 Å². The minimum atomic E-state index is 1.04. The molecule has 18 heavy (non-hydrogen) atoms. The molecular weight excluding hydrogens is 222 g/mol. The highest BCUT2D eigenvalue weighted by atomic mass is 15.1. The second-order valence-corrected chi connectivity index (χ2v) is 5.03. The van der Waals surface area contributed by atoms with Gasteiger partial charge in [-0.25, -0.2) is 5.32 Å². The summed E-state index contributed by atoms with van der Waals surface area (Å²) in [6.45, 7) is 5.78. The zero-order valence-electron chi connectivity index (χ0n) is 11.2. The van der Waals surface area contributed by atoms with Crippen LogP contribution in [0.5, 0.6) is 0 Å². The van der Waals surface area contributed by atoms with Gasteiger partial charge in [-0.1, -0.05) is 6.42 Å². The first-order chi connectivity index (χ1) is 8.95. The Morgan fingerprint density at radius 3 is 2.78 bits per heavy atom. The molecule has 0 amide bonds. The van der Waals surface area contributed by atoms with E-state index in [9.17, 15) is 0 Å². The zero-order valence-corrected chi connectivity index (χ0v) is 11.2. The van der Waals surface area contributed by atoms with Crippen LogP contribution >= 0.6 is 0 Å². The number of aryl methyl sites for hydroxylation is 1. The molecule has 1 radical (unpaired) electrons. The Morgan fingerprint density at radius 2 is 1.89 bits per heavy atom. The highest BCUT2D eigenvalue weighted by Crippen LogP contribution is 2.06. The molecule has 0 unspecified atom stereocenters. The highest BCUT2D eigenvalue weighted by Gasteiger charge is 2.07. The molecule has 0 bridgehead atoms. The molecule has 1 aliphatic rings. The highest BCUT2D eigenvalue weighted by molar-refractivity contribution is 5.09. The average molecular weight is 246 g/mol. The second-order valence-electron chi connectivity index (χ2n) is 5.03. The van der Waals surface area contributed by atoms with Crippen LogP contribution in [0.1, 0.15) is 31.2 Å². The fourth-order valence-corrected chi connectivity index (χ4v) is 2.46. The molecule has 3 heteroatoms. The van der Waals surface area contributed by atoms with Gasteiger partial charge in [0, 0.05) is 32.0 Å². The monoisotopic (exact) mass is 246 g/mol. The molecule has 1 saturated heterocycles. The largest absolute Gasteiger partial charge is 0.302 e. The smallest absolute Gasteiger partial charge is 0.0270 e. The van der Waals surface area contributed by atoms with Crippen molar-refractivity contribution in [2.75, 3.05) is 32.7 Å². The van der Waals surface area contributed by atoms with Crippen LogP contribution in [-0.4, -0.2) is 42.6 Å². The Balaban J connectivity index is 1.53. The SMILES string of the molecule is c1cc(CCCCCN2CCC[N]CC2)ccn1. The van der Waals surface area contributed by atoms with Crippen molar-refractivity contribution >= 4 is 0 Å². The summed E-state index contributed by atoms with van der Waals surface area (Å²) in [6.07, 6.45) is 10.2. The molecule has 0 aliphatic carbocycles. The van der Waals surface area contributed by atoms with Crippen molar-refractivity contribution in [1.29, 1.82) is 0 Å². The minimum Gasteiger partial charge on any atom is -0.302 e. The van der Waals surface area contributed by atoms with Gasteiger partial charge in [-0.3, -0.25) is 4.98 Å². The third-order valence-corrected chi connectivity index (χ3v) is 3.55. The van der Waals surface area contributed by atoms with E-state index < -0.39 is 0 Å². The van der Waals surface area contributed by atoms with Crippen LogP contribution in [0.3, 0.4) is 0 Å². The predicted molar refractivity (Wildman–Crippen MR) is 74.7 cm³/mol. The van der Waals surface area contributed by atoms with Crippen LogP contribution in [0, 0.1) is 0 Å². The lowest BCUT2D eigenvalue weighted by Crippen LogP contribution is -2.28. The van der Waals surface area contributed by atoms with Gasteiger partial charge in [0.1, 0.15) is 0 Å². The summed E-state index contributed by atoms with van der Waals surface area (Å²) < 4.78 is 0. The van der Waals surface area contributed by atoms with E-state index in [1.807, 2.05) is 12.4 Å². The van der Waals surface area contributed by atoms with E-state index in [1.165, 1.54) is 57.3 Å². The molecule has 2 heterocycles. The summed E-state index contributed by atoms with van der Waals surface area (Å²) in [4.78, 5) is 6.62. The topological polar surface area (TPSA) is 30.2 Å². The van der Waals surface area contributed by atoms with Gasteiger partial charge < -0.3 is 4.90 Å². The van der Waals surface area contributed by atoms with Gasteiger partial charge in [0.25, 0.3) is 0 Å². The molecule has 0 N–H and O–H groups in total. The van der Waals surface area contributed by atoms with Crippen molar-refractivity contribution < 1.29 is 0 Å². The first kappa shape index (κ1) is 13.5. The van der Waals surface area contributed by atoms with Crippen LogP contribution in [0.4, 0.5) is 0 Å². The fraction of sp³-hybridized carbons (Fsp3) is 0.667. The van der Waals surface area contributed by atoms with Gasteiger partial charge in [-0.15, -0.1) is 0 Å². The van der Waals surface area contributed by atoms with Crippen molar-refractivity contribution in [2.45, 2.75) is 32.1 Å². The Kier molecular flexibility index (Phi) is 6.17. The van der Waals surface area contributed by atoms with Crippen molar-refractivity contribution in [3.8, 4) is 0 Å². The second kappa shape index (κ2) is 8.22. The third-order valence-electron chi connectivity index (χ3n) is 3.55. The Bertz CT molecular complexity index is 305. The maximum absolute atomic E-state index is 4.46. The summed E-state index contributed by atoms with van der Waals surface area (Å²) in [6, 6.07) is 4.24. The average Bonchev–Trinajstić information content (AvgIpc) is 2.68. The van der Waals surface area contributed by atoms with E-state index >= 15 is 0 Å². The first-order valence-electron chi connectivity index (χ1n) is 7.20. The van der Waals surface area contributed by atoms with Crippen LogP contribution < -0.4 is 5.32 Å². The Labute approximate surface area is 111 Å². The molecule has 3 nitrogen and oxygen atoms in total. The minimum absolute atomic E-state index is 1.04. The van der Waals surface area contributed by atoms with E-state index in [0.29, 0.717) is 0 Å². The van der Waals surface area contributed by atoms with E-state index in [1.54, 1.807) is 0 Å². The number of nitrogens with zero attached hydrogens (tertiary/aromatic N) is 3. The quantitative estimate of drug-likeness (QED) is 0.720. The number of hydrogen-bond donors (Lipinski definition) is 0. The number of unbranched alkanes of at least 4 members (excludes halogenated alkanes) is 2. The van der Waals surface area contributed by atoms with E-state index in [2.05, 4.69) is 27.3 Å². The van der Waals surface area contributed by atoms with Crippen LogP contribution in [0.25, 0.3) is 0 Å². The van der Waals surface area contributed by atoms with Crippen LogP contribution in [0.2, 0.25) is 0 Å². The summed E-state index contributed by atoms with van der Waals surface area (Å²) in [5.74, 6) is 0. The third kappa shape index (κ3) is 5.15. The van der Waals surface area contributed by atoms with Crippen molar-refractivity contribution in [3.63, 3.8) is 0 Å². The summed E-state index contributed by atoms with van der Waals surface area (Å²) in [5.41, 5.74) is 1.42. The zero-order chi connectivity index (χ0) is 12.5. The normalized spacial score (nSPS) is 17.6. The molecule has 0 aromatic carbocycles. The van der Waals surface area contributed by atoms with Crippen molar-refractivity contribution in [1.82, 2.24) is 15.2 Å². The molecule has 0 saturated carbocycles. The molecule has 1 aliphatic heterocycles. The van der Waals surface area contributed by atoms with Crippen LogP contribution in [0.15, 0.2) is 24.5 Å². The van der Waals surface area contributed by atoms with Crippen molar-refractivity contribution in [3.05, 3.63) is 30.1 Å². The lowest BCUT2D eigenvalue weighted by atomic mass is 10.1. The van der Waals surface area contributed by atoms with Gasteiger partial charge in [-0.2, -0.15) is 0 Å². The molecule has 99 valence electrons. The number of hydrogen-bond acceptors (Lipinski definition) is 2. The van der Waals surface area contributed by atoms with Gasteiger partial charge in [0.15, 0.2) is 0 Å². The molecule has 1 fully saturated rings. The molecular formula is C15H24N3. The van der Waals surface area contributed by atoms with E-state index in [4.69, 9.17) is 0 Å². The van der Waals surface area contributed by atoms with E-state index in [-0.39, 0.29) is 0 Å². The Morgan fingerprint density at radius 1 is 1.00 bits per heavy atom. The number of rotatable bonds is 6. The predicted octanol–water partition coefficient (Wildman–Crippen LogP) is 2.10. The standard InChI is InChI=1S/C15H24N3/c1(2-5-15-6-9-17-10-7-15)3-12-18-13-4-8-16-11-14-18/h6-7,9-10H,1-5,8,11-14H2. The summed E-state index contributed by atoms with van der Waals surface area (Å²) in [5, 5.41) is 4.46. The van der Waals surface area contributed by atoms with Crippen LogP contribution in [-0.2, 0) is 6.42 Å². The van der Waals surface area contributed by atoms with Gasteiger partial charge >= 0.3 is 0 Å².